The maximum atomic E-state index is 12.5. The standard InChI is InChI=1S/C22H19N3O/c26-22(20-14-19(20)16-8-3-1-4-9-16)25-24-21(17-10-5-2-6-11-17)18-12-7-13-23-15-18/h1-13,15,19-20H,14H2,(H,25,26)/b24-21-/t19-,20+/m1/s1. The van der Waals surface area contributed by atoms with Crippen LogP contribution in [0.15, 0.2) is 90.3 Å². The minimum absolute atomic E-state index is 0.00734. The number of carbonyl (C=O) groups excluding carboxylic acids is 1. The third-order valence-electron chi connectivity index (χ3n) is 4.62. The van der Waals surface area contributed by atoms with Crippen molar-refractivity contribution in [2.24, 2.45) is 11.0 Å². The summed E-state index contributed by atoms with van der Waals surface area (Å²) in [5.41, 5.74) is 6.50. The summed E-state index contributed by atoms with van der Waals surface area (Å²) in [6.45, 7) is 0. The Bertz CT molecular complexity index is 866. The first kappa shape index (κ1) is 16.2. The van der Waals surface area contributed by atoms with E-state index in [1.54, 1.807) is 12.4 Å². The van der Waals surface area contributed by atoms with Crippen LogP contribution in [-0.4, -0.2) is 16.6 Å². The van der Waals surface area contributed by atoms with Crippen LogP contribution in [0, 0.1) is 5.92 Å². The van der Waals surface area contributed by atoms with Gasteiger partial charge >= 0.3 is 0 Å². The molecule has 1 aromatic heterocycles. The zero-order valence-electron chi connectivity index (χ0n) is 14.2. The molecule has 128 valence electrons. The van der Waals surface area contributed by atoms with Crippen LogP contribution in [0.4, 0.5) is 0 Å². The smallest absolute Gasteiger partial charge is 0.243 e. The van der Waals surface area contributed by atoms with Gasteiger partial charge in [-0.25, -0.2) is 5.43 Å². The molecule has 26 heavy (non-hydrogen) atoms. The van der Waals surface area contributed by atoms with E-state index < -0.39 is 0 Å². The van der Waals surface area contributed by atoms with Gasteiger partial charge in [-0.15, -0.1) is 0 Å². The molecular weight excluding hydrogens is 322 g/mol. The highest BCUT2D eigenvalue weighted by atomic mass is 16.2. The number of carbonyl (C=O) groups is 1. The molecule has 1 aliphatic rings. The van der Waals surface area contributed by atoms with Crippen LogP contribution in [0.25, 0.3) is 0 Å². The fourth-order valence-electron chi connectivity index (χ4n) is 3.14. The van der Waals surface area contributed by atoms with Crippen LogP contribution in [-0.2, 0) is 4.79 Å². The van der Waals surface area contributed by atoms with Crippen molar-refractivity contribution < 1.29 is 4.79 Å². The number of rotatable bonds is 5. The third-order valence-corrected chi connectivity index (χ3v) is 4.62. The number of benzene rings is 2. The van der Waals surface area contributed by atoms with Crippen LogP contribution >= 0.6 is 0 Å². The van der Waals surface area contributed by atoms with Crippen LogP contribution in [0.1, 0.15) is 29.0 Å². The molecule has 1 N–H and O–H groups in total. The molecule has 1 amide bonds. The molecule has 0 aliphatic heterocycles. The van der Waals surface area contributed by atoms with E-state index in [0.29, 0.717) is 11.6 Å². The summed E-state index contributed by atoms with van der Waals surface area (Å²) < 4.78 is 0. The molecule has 3 aromatic rings. The Kier molecular flexibility index (Phi) is 4.56. The predicted molar refractivity (Wildman–Crippen MR) is 102 cm³/mol. The zero-order valence-corrected chi connectivity index (χ0v) is 14.2. The van der Waals surface area contributed by atoms with Crippen molar-refractivity contribution in [3.8, 4) is 0 Å². The van der Waals surface area contributed by atoms with Crippen LogP contribution in [0.5, 0.6) is 0 Å². The van der Waals surface area contributed by atoms with E-state index in [1.807, 2.05) is 60.7 Å². The quantitative estimate of drug-likeness (QED) is 0.567. The molecule has 2 aromatic carbocycles. The Hall–Kier alpha value is -3.27. The van der Waals surface area contributed by atoms with Crippen molar-refractivity contribution >= 4 is 11.6 Å². The number of amides is 1. The molecular formula is C22H19N3O. The predicted octanol–water partition coefficient (Wildman–Crippen LogP) is 3.75. The molecule has 0 radical (unpaired) electrons. The normalized spacial score (nSPS) is 19.0. The van der Waals surface area contributed by atoms with Gasteiger partial charge in [0.25, 0.3) is 0 Å². The van der Waals surface area contributed by atoms with E-state index in [1.165, 1.54) is 5.56 Å². The summed E-state index contributed by atoms with van der Waals surface area (Å²) in [6.07, 6.45) is 4.35. The van der Waals surface area contributed by atoms with E-state index in [4.69, 9.17) is 0 Å². The molecule has 0 unspecified atom stereocenters. The molecule has 1 aliphatic carbocycles. The maximum absolute atomic E-state index is 12.5. The van der Waals surface area contributed by atoms with Crippen LogP contribution in [0.3, 0.4) is 0 Å². The lowest BCUT2D eigenvalue weighted by atomic mass is 10.0. The Labute approximate surface area is 152 Å². The molecule has 1 fully saturated rings. The van der Waals surface area contributed by atoms with Gasteiger partial charge in [-0.1, -0.05) is 60.7 Å². The summed E-state index contributed by atoms with van der Waals surface area (Å²) in [6, 6.07) is 23.8. The summed E-state index contributed by atoms with van der Waals surface area (Å²) in [5, 5.41) is 4.43. The highest BCUT2D eigenvalue weighted by Gasteiger charge is 2.43. The lowest BCUT2D eigenvalue weighted by molar-refractivity contribution is -0.122. The molecule has 1 saturated carbocycles. The van der Waals surface area contributed by atoms with Gasteiger partial charge in [0.05, 0.1) is 5.71 Å². The summed E-state index contributed by atoms with van der Waals surface area (Å²) in [5.74, 6) is 0.258. The largest absolute Gasteiger partial charge is 0.273 e. The fraction of sp³-hybridized carbons (Fsp3) is 0.136. The van der Waals surface area contributed by atoms with Gasteiger partial charge in [0.1, 0.15) is 0 Å². The summed E-state index contributed by atoms with van der Waals surface area (Å²) >= 11 is 0. The minimum atomic E-state index is -0.0313. The third kappa shape index (κ3) is 3.54. The van der Waals surface area contributed by atoms with Crippen molar-refractivity contribution in [3.05, 3.63) is 102 Å². The van der Waals surface area contributed by atoms with Crippen molar-refractivity contribution in [2.75, 3.05) is 0 Å². The topological polar surface area (TPSA) is 54.4 Å². The number of hydrazone groups is 1. The monoisotopic (exact) mass is 341 g/mol. The summed E-state index contributed by atoms with van der Waals surface area (Å²) in [7, 11) is 0. The van der Waals surface area contributed by atoms with Crippen molar-refractivity contribution in [2.45, 2.75) is 12.3 Å². The van der Waals surface area contributed by atoms with Gasteiger partial charge in [0.2, 0.25) is 5.91 Å². The van der Waals surface area contributed by atoms with E-state index >= 15 is 0 Å². The first-order chi connectivity index (χ1) is 12.8. The fourth-order valence-corrected chi connectivity index (χ4v) is 3.14. The van der Waals surface area contributed by atoms with Crippen molar-refractivity contribution in [1.82, 2.24) is 10.4 Å². The molecule has 1 heterocycles. The van der Waals surface area contributed by atoms with Gasteiger partial charge in [-0.2, -0.15) is 5.10 Å². The SMILES string of the molecule is O=C(N/N=C(/c1ccccc1)c1cccnc1)[C@H]1C[C@@H]1c1ccccc1. The Morgan fingerprint density at radius 1 is 0.923 bits per heavy atom. The number of nitrogens with one attached hydrogen (secondary N) is 1. The second-order valence-electron chi connectivity index (χ2n) is 6.40. The number of nitrogens with zero attached hydrogens (tertiary/aromatic N) is 2. The molecule has 2 atom stereocenters. The highest BCUT2D eigenvalue weighted by molar-refractivity contribution is 6.13. The average Bonchev–Trinajstić information content (AvgIpc) is 3.51. The van der Waals surface area contributed by atoms with Gasteiger partial charge in [0, 0.05) is 29.4 Å². The molecule has 4 rings (SSSR count). The Morgan fingerprint density at radius 2 is 1.62 bits per heavy atom. The van der Waals surface area contributed by atoms with E-state index in [-0.39, 0.29) is 11.8 Å². The molecule has 0 spiro atoms. The number of aromatic nitrogens is 1. The molecule has 4 heteroatoms. The number of hydrogen-bond donors (Lipinski definition) is 1. The lowest BCUT2D eigenvalue weighted by Crippen LogP contribution is -2.22. The van der Waals surface area contributed by atoms with E-state index in [9.17, 15) is 4.79 Å². The first-order valence-electron chi connectivity index (χ1n) is 8.71. The van der Waals surface area contributed by atoms with Gasteiger partial charge in [-0.05, 0) is 30.0 Å². The summed E-state index contributed by atoms with van der Waals surface area (Å²) in [4.78, 5) is 16.7. The van der Waals surface area contributed by atoms with Gasteiger partial charge < -0.3 is 0 Å². The first-order valence-corrected chi connectivity index (χ1v) is 8.71. The maximum Gasteiger partial charge on any atom is 0.243 e. The highest BCUT2D eigenvalue weighted by Crippen LogP contribution is 2.47. The van der Waals surface area contributed by atoms with Crippen LogP contribution in [0.2, 0.25) is 0 Å². The van der Waals surface area contributed by atoms with Gasteiger partial charge in [-0.3, -0.25) is 9.78 Å². The van der Waals surface area contributed by atoms with Gasteiger partial charge in [0.15, 0.2) is 0 Å². The lowest BCUT2D eigenvalue weighted by Gasteiger charge is -2.07. The van der Waals surface area contributed by atoms with Crippen molar-refractivity contribution in [1.29, 1.82) is 0 Å². The second kappa shape index (κ2) is 7.31. The second-order valence-corrected chi connectivity index (χ2v) is 6.40. The van der Waals surface area contributed by atoms with E-state index in [0.717, 1.165) is 17.5 Å². The van der Waals surface area contributed by atoms with E-state index in [2.05, 4.69) is 27.6 Å². The molecule has 0 saturated heterocycles. The molecule has 0 bridgehead atoms. The molecule has 4 nitrogen and oxygen atoms in total. The van der Waals surface area contributed by atoms with Crippen molar-refractivity contribution in [3.63, 3.8) is 0 Å². The zero-order chi connectivity index (χ0) is 17.8. The average molecular weight is 341 g/mol. The number of hydrogen-bond acceptors (Lipinski definition) is 3. The number of pyridine rings is 1. The van der Waals surface area contributed by atoms with Crippen LogP contribution < -0.4 is 5.43 Å². The Morgan fingerprint density at radius 3 is 2.31 bits per heavy atom. The minimum Gasteiger partial charge on any atom is -0.273 e. The Balaban J connectivity index is 1.52.